The number of terminal acetylenes is 1. The molecule has 0 saturated carbocycles. The van der Waals surface area contributed by atoms with Crippen LogP contribution < -0.4 is 20.1 Å². The summed E-state index contributed by atoms with van der Waals surface area (Å²) in [5.74, 6) is 5.47. The van der Waals surface area contributed by atoms with Crippen molar-refractivity contribution in [1.29, 1.82) is 0 Å². The average molecular weight is 411 g/mol. The van der Waals surface area contributed by atoms with Crippen LogP contribution in [0.1, 0.15) is 30.2 Å². The average Bonchev–Trinajstić information content (AvgIpc) is 3.49. The summed E-state index contributed by atoms with van der Waals surface area (Å²) >= 11 is 0. The second-order valence-electron chi connectivity index (χ2n) is 7.06. The first-order valence-electron chi connectivity index (χ1n) is 10.2. The van der Waals surface area contributed by atoms with Gasteiger partial charge in [0.2, 0.25) is 0 Å². The molecule has 1 aliphatic rings. The van der Waals surface area contributed by atoms with Gasteiger partial charge in [-0.2, -0.15) is 0 Å². The summed E-state index contributed by atoms with van der Waals surface area (Å²) in [6, 6.07) is 9.94. The maximum Gasteiger partial charge on any atom is 0.191 e. The van der Waals surface area contributed by atoms with Crippen molar-refractivity contribution in [3.05, 3.63) is 47.9 Å². The lowest BCUT2D eigenvalue weighted by Gasteiger charge is -2.26. The van der Waals surface area contributed by atoms with E-state index in [-0.39, 0.29) is 12.6 Å². The number of rotatable bonds is 9. The van der Waals surface area contributed by atoms with Crippen molar-refractivity contribution in [2.75, 3.05) is 40.4 Å². The van der Waals surface area contributed by atoms with Crippen LogP contribution in [0.3, 0.4) is 0 Å². The maximum absolute atomic E-state index is 5.69. The molecule has 0 aliphatic carbocycles. The second-order valence-corrected chi connectivity index (χ2v) is 7.06. The topological polar surface area (TPSA) is 71.3 Å². The monoisotopic (exact) mass is 410 g/mol. The zero-order valence-electron chi connectivity index (χ0n) is 17.7. The molecular weight excluding hydrogens is 380 g/mol. The molecule has 2 N–H and O–H groups in total. The fourth-order valence-corrected chi connectivity index (χ4v) is 3.61. The van der Waals surface area contributed by atoms with Crippen LogP contribution in [0.5, 0.6) is 11.5 Å². The minimum atomic E-state index is 0.186. The Labute approximate surface area is 178 Å². The molecule has 1 unspecified atom stereocenters. The van der Waals surface area contributed by atoms with E-state index in [0.29, 0.717) is 24.6 Å². The number of nitrogens with zero attached hydrogens (tertiary/aromatic N) is 2. The molecule has 1 fully saturated rings. The number of ether oxygens (including phenoxy) is 2. The Morgan fingerprint density at radius 1 is 1.27 bits per heavy atom. The quantitative estimate of drug-likeness (QED) is 0.376. The first-order valence-corrected chi connectivity index (χ1v) is 10.2. The number of hydrogen-bond acceptors (Lipinski definition) is 5. The number of aliphatic imine (C=N–C) groups is 1. The number of nitrogens with one attached hydrogen (secondary N) is 2. The van der Waals surface area contributed by atoms with Gasteiger partial charge in [0.25, 0.3) is 0 Å². The van der Waals surface area contributed by atoms with Gasteiger partial charge in [-0.3, -0.25) is 9.89 Å². The maximum atomic E-state index is 5.69. The summed E-state index contributed by atoms with van der Waals surface area (Å²) in [6.07, 6.45) is 9.49. The van der Waals surface area contributed by atoms with Crippen molar-refractivity contribution in [1.82, 2.24) is 15.5 Å². The van der Waals surface area contributed by atoms with Gasteiger partial charge in [-0.15, -0.1) is 6.42 Å². The highest BCUT2D eigenvalue weighted by atomic mass is 16.5. The van der Waals surface area contributed by atoms with E-state index in [4.69, 9.17) is 20.3 Å². The zero-order chi connectivity index (χ0) is 21.2. The van der Waals surface area contributed by atoms with Crippen LogP contribution in [-0.2, 0) is 6.54 Å². The highest BCUT2D eigenvalue weighted by molar-refractivity contribution is 5.79. The molecule has 1 aromatic carbocycles. The summed E-state index contributed by atoms with van der Waals surface area (Å²) in [7, 11) is 3.38. The van der Waals surface area contributed by atoms with Crippen LogP contribution >= 0.6 is 0 Å². The van der Waals surface area contributed by atoms with Crippen molar-refractivity contribution in [2.24, 2.45) is 4.99 Å². The smallest absolute Gasteiger partial charge is 0.191 e. The van der Waals surface area contributed by atoms with E-state index < -0.39 is 0 Å². The highest BCUT2D eigenvalue weighted by Gasteiger charge is 2.25. The molecule has 30 heavy (non-hydrogen) atoms. The van der Waals surface area contributed by atoms with E-state index >= 15 is 0 Å². The molecule has 1 atom stereocenters. The number of hydrogen-bond donors (Lipinski definition) is 2. The van der Waals surface area contributed by atoms with Gasteiger partial charge in [-0.1, -0.05) is 12.0 Å². The summed E-state index contributed by atoms with van der Waals surface area (Å²) in [6.45, 7) is 3.68. The Morgan fingerprint density at radius 2 is 2.10 bits per heavy atom. The fourth-order valence-electron chi connectivity index (χ4n) is 3.61. The Hall–Kier alpha value is -3.11. The predicted octanol–water partition coefficient (Wildman–Crippen LogP) is 2.80. The first kappa shape index (κ1) is 21.6. The van der Waals surface area contributed by atoms with Crippen LogP contribution in [0, 0.1) is 12.3 Å². The van der Waals surface area contributed by atoms with Gasteiger partial charge in [-0.05, 0) is 55.8 Å². The zero-order valence-corrected chi connectivity index (χ0v) is 17.7. The number of methoxy groups -OCH3 is 1. The minimum Gasteiger partial charge on any atom is -0.493 e. The van der Waals surface area contributed by atoms with E-state index in [1.54, 1.807) is 20.4 Å². The largest absolute Gasteiger partial charge is 0.493 e. The van der Waals surface area contributed by atoms with Gasteiger partial charge in [0, 0.05) is 20.1 Å². The molecule has 0 radical (unpaired) electrons. The van der Waals surface area contributed by atoms with Crippen LogP contribution in [0.15, 0.2) is 46.0 Å². The first-order chi connectivity index (χ1) is 14.7. The predicted molar refractivity (Wildman–Crippen MR) is 118 cm³/mol. The van der Waals surface area contributed by atoms with Crippen molar-refractivity contribution >= 4 is 5.96 Å². The standard InChI is InChI=1S/C23H30N4O3/c1-4-13-29-22-15-18(9-10-21(22)28-3)16-25-23(24-2)26-17-19(20-8-7-14-30-20)27-11-5-6-12-27/h1,7-10,14-15,19H,5-6,11-13,16-17H2,2-3H3,(H2,24,25,26). The molecular formula is C23H30N4O3. The molecule has 3 rings (SSSR count). The van der Waals surface area contributed by atoms with Gasteiger partial charge >= 0.3 is 0 Å². The van der Waals surface area contributed by atoms with Gasteiger partial charge in [-0.25, -0.2) is 0 Å². The second kappa shape index (κ2) is 11.2. The molecule has 2 aromatic rings. The molecule has 1 aliphatic heterocycles. The molecule has 7 heteroatoms. The number of furan rings is 1. The normalized spacial score (nSPS) is 15.4. The van der Waals surface area contributed by atoms with Crippen LogP contribution in [0.2, 0.25) is 0 Å². The fraction of sp³-hybridized carbons (Fsp3) is 0.435. The Kier molecular flexibility index (Phi) is 8.04. The van der Waals surface area contributed by atoms with E-state index in [0.717, 1.165) is 30.4 Å². The lowest BCUT2D eigenvalue weighted by Crippen LogP contribution is -2.42. The molecule has 0 bridgehead atoms. The van der Waals surface area contributed by atoms with Gasteiger partial charge < -0.3 is 24.5 Å². The van der Waals surface area contributed by atoms with Crippen molar-refractivity contribution in [2.45, 2.75) is 25.4 Å². The van der Waals surface area contributed by atoms with E-state index in [1.807, 2.05) is 30.3 Å². The van der Waals surface area contributed by atoms with Crippen molar-refractivity contribution in [3.8, 4) is 23.8 Å². The lowest BCUT2D eigenvalue weighted by atomic mass is 10.2. The summed E-state index contributed by atoms with van der Waals surface area (Å²) in [5, 5.41) is 6.78. The van der Waals surface area contributed by atoms with E-state index in [1.165, 1.54) is 12.8 Å². The van der Waals surface area contributed by atoms with Gasteiger partial charge in [0.1, 0.15) is 12.4 Å². The van der Waals surface area contributed by atoms with Crippen LogP contribution in [0.25, 0.3) is 0 Å². The Bertz CT molecular complexity index is 852. The third-order valence-electron chi connectivity index (χ3n) is 5.14. The molecule has 160 valence electrons. The minimum absolute atomic E-state index is 0.186. The third-order valence-corrected chi connectivity index (χ3v) is 5.14. The SMILES string of the molecule is C#CCOc1cc(CNC(=NC)NCC(c2ccco2)N2CCCC2)ccc1OC. The molecule has 2 heterocycles. The summed E-state index contributed by atoms with van der Waals surface area (Å²) in [5.41, 5.74) is 1.04. The molecule has 0 spiro atoms. The van der Waals surface area contributed by atoms with Gasteiger partial charge in [0.05, 0.1) is 19.4 Å². The van der Waals surface area contributed by atoms with E-state index in [2.05, 4.69) is 26.4 Å². The van der Waals surface area contributed by atoms with Crippen LogP contribution in [-0.4, -0.2) is 51.3 Å². The highest BCUT2D eigenvalue weighted by Crippen LogP contribution is 2.28. The Balaban J connectivity index is 1.58. The molecule has 0 amide bonds. The number of benzene rings is 1. The van der Waals surface area contributed by atoms with E-state index in [9.17, 15) is 0 Å². The molecule has 1 aromatic heterocycles. The number of likely N-dealkylation sites (tertiary alicyclic amines) is 1. The lowest BCUT2D eigenvalue weighted by molar-refractivity contribution is 0.215. The van der Waals surface area contributed by atoms with Crippen LogP contribution in [0.4, 0.5) is 0 Å². The number of guanidine groups is 1. The molecule has 1 saturated heterocycles. The van der Waals surface area contributed by atoms with Crippen molar-refractivity contribution in [3.63, 3.8) is 0 Å². The third kappa shape index (κ3) is 5.71. The summed E-state index contributed by atoms with van der Waals surface area (Å²) in [4.78, 5) is 6.81. The molecule has 7 nitrogen and oxygen atoms in total. The van der Waals surface area contributed by atoms with Crippen molar-refractivity contribution < 1.29 is 13.9 Å². The Morgan fingerprint density at radius 3 is 2.77 bits per heavy atom. The van der Waals surface area contributed by atoms with Gasteiger partial charge in [0.15, 0.2) is 17.5 Å². The summed E-state index contributed by atoms with van der Waals surface area (Å²) < 4.78 is 16.6.